The van der Waals surface area contributed by atoms with Crippen molar-refractivity contribution in [3.8, 4) is 0 Å². The first kappa shape index (κ1) is 24.5. The Labute approximate surface area is 207 Å². The van der Waals surface area contributed by atoms with Crippen LogP contribution in [-0.4, -0.2) is 69.5 Å². The maximum atomic E-state index is 15.8. The van der Waals surface area contributed by atoms with E-state index < -0.39 is 16.6 Å². The van der Waals surface area contributed by atoms with Crippen LogP contribution < -0.4 is 10.6 Å². The number of nitrogens with zero attached hydrogens (tertiary/aromatic N) is 3. The van der Waals surface area contributed by atoms with Gasteiger partial charge in [0.05, 0.1) is 12.6 Å². The van der Waals surface area contributed by atoms with Crippen LogP contribution in [0, 0.1) is 11.3 Å². The molecule has 1 saturated carbocycles. The molecular formula is C27H39FN4O3. The Morgan fingerprint density at radius 1 is 1.29 bits per heavy atom. The van der Waals surface area contributed by atoms with Crippen molar-refractivity contribution in [3.05, 3.63) is 29.3 Å². The fourth-order valence-electron chi connectivity index (χ4n) is 7.14. The van der Waals surface area contributed by atoms with Gasteiger partial charge in [0.1, 0.15) is 5.67 Å². The summed E-state index contributed by atoms with van der Waals surface area (Å²) in [5, 5.41) is 0. The van der Waals surface area contributed by atoms with Gasteiger partial charge in [-0.1, -0.05) is 19.4 Å². The largest absolute Gasteiger partial charge is 0.381 e. The van der Waals surface area contributed by atoms with Crippen molar-refractivity contribution in [3.63, 3.8) is 0 Å². The van der Waals surface area contributed by atoms with Crippen LogP contribution in [0.15, 0.2) is 23.2 Å². The zero-order valence-corrected chi connectivity index (χ0v) is 21.5. The topological polar surface area (TPSA) is 80.4 Å². The third kappa shape index (κ3) is 3.67. The van der Waals surface area contributed by atoms with E-state index in [1.54, 1.807) is 7.11 Å². The molecule has 5 rings (SSSR count). The quantitative estimate of drug-likeness (QED) is 0.690. The van der Waals surface area contributed by atoms with Crippen molar-refractivity contribution in [2.24, 2.45) is 22.1 Å². The summed E-state index contributed by atoms with van der Waals surface area (Å²) in [5.41, 5.74) is 6.56. The summed E-state index contributed by atoms with van der Waals surface area (Å²) in [7, 11) is 5.77. The Morgan fingerprint density at radius 3 is 2.69 bits per heavy atom. The Kier molecular flexibility index (Phi) is 6.11. The summed E-state index contributed by atoms with van der Waals surface area (Å²) in [5.74, 6) is 0.302. The fourth-order valence-corrected chi connectivity index (χ4v) is 7.14. The lowest BCUT2D eigenvalue weighted by molar-refractivity contribution is -0.142. The highest BCUT2D eigenvalue weighted by Gasteiger charge is 2.68. The van der Waals surface area contributed by atoms with Crippen LogP contribution in [0.25, 0.3) is 0 Å². The van der Waals surface area contributed by atoms with Crippen LogP contribution in [0.4, 0.5) is 10.1 Å². The highest BCUT2D eigenvalue weighted by Crippen LogP contribution is 2.63. The lowest BCUT2D eigenvalue weighted by atomic mass is 9.58. The number of anilines is 1. The number of aliphatic imine (C=N–C) groups is 1. The van der Waals surface area contributed by atoms with Crippen molar-refractivity contribution in [2.75, 3.05) is 45.9 Å². The summed E-state index contributed by atoms with van der Waals surface area (Å²) >= 11 is 0. The molecule has 2 fully saturated rings. The molecule has 2 spiro atoms. The second-order valence-corrected chi connectivity index (χ2v) is 11.2. The molecule has 2 heterocycles. The molecule has 2 aliphatic heterocycles. The van der Waals surface area contributed by atoms with Crippen molar-refractivity contribution in [1.82, 2.24) is 4.90 Å². The Balaban J connectivity index is 1.61. The minimum absolute atomic E-state index is 0.0665. The maximum Gasteiger partial charge on any atom is 0.262 e. The number of benzene rings is 1. The van der Waals surface area contributed by atoms with Crippen LogP contribution >= 0.6 is 0 Å². The molecule has 1 amide bonds. The third-order valence-corrected chi connectivity index (χ3v) is 9.15. The van der Waals surface area contributed by atoms with E-state index in [1.165, 1.54) is 4.90 Å². The zero-order chi connectivity index (χ0) is 25.0. The first-order chi connectivity index (χ1) is 16.7. The number of hydrogen-bond donors (Lipinski definition) is 1. The van der Waals surface area contributed by atoms with Gasteiger partial charge in [-0.25, -0.2) is 9.38 Å². The first-order valence-electron chi connectivity index (χ1n) is 13.0. The molecule has 2 aliphatic carbocycles. The molecule has 1 aromatic rings. The standard InChI is InChI=1S/C27H39FN4O3/c1-5-18-15-25(9-8-22(18)34-4)16-19-6-7-20(31(2)3)14-21(19)27(25)23(33)32(24(29)30-27)17-26(28)10-12-35-13-11-26/h6-7,14,18,22H,5,8-13,15-17H2,1-4H3,(H2,29,30)/t18-,22-,25-,27-/m1/s1. The average Bonchev–Trinajstić information content (AvgIpc) is 3.25. The summed E-state index contributed by atoms with van der Waals surface area (Å²) in [6, 6.07) is 6.35. The number of guanidine groups is 1. The zero-order valence-electron chi connectivity index (χ0n) is 21.5. The number of hydrogen-bond acceptors (Lipinski definition) is 6. The van der Waals surface area contributed by atoms with Crippen molar-refractivity contribution >= 4 is 17.6 Å². The predicted molar refractivity (Wildman–Crippen MR) is 134 cm³/mol. The Morgan fingerprint density at radius 2 is 2.03 bits per heavy atom. The lowest BCUT2D eigenvalue weighted by Crippen LogP contribution is -2.56. The molecule has 0 unspecified atom stereocenters. The number of halogens is 1. The lowest BCUT2D eigenvalue weighted by Gasteiger charge is -2.48. The highest BCUT2D eigenvalue weighted by molar-refractivity contribution is 6.08. The van der Waals surface area contributed by atoms with Crippen LogP contribution in [0.3, 0.4) is 0 Å². The predicted octanol–water partition coefficient (Wildman–Crippen LogP) is 3.39. The molecule has 0 aromatic heterocycles. The Bertz CT molecular complexity index is 1020. The van der Waals surface area contributed by atoms with E-state index in [9.17, 15) is 4.79 Å². The summed E-state index contributed by atoms with van der Waals surface area (Å²) in [4.78, 5) is 23.0. The van der Waals surface area contributed by atoms with E-state index >= 15 is 4.39 Å². The molecule has 4 aliphatic rings. The minimum atomic E-state index is -1.51. The molecule has 1 aromatic carbocycles. The maximum absolute atomic E-state index is 15.8. The SMILES string of the molecule is CC[C@@H]1C[C@]2(CC[C@H]1OC)Cc1ccc(N(C)C)cc1[C@]21N=C(N)N(CC2(F)CCOCC2)C1=O. The Hall–Kier alpha value is -2.19. The molecule has 35 heavy (non-hydrogen) atoms. The second kappa shape index (κ2) is 8.73. The van der Waals surface area contributed by atoms with Gasteiger partial charge in [-0.15, -0.1) is 0 Å². The van der Waals surface area contributed by atoms with E-state index in [0.29, 0.717) is 19.1 Å². The van der Waals surface area contributed by atoms with Crippen molar-refractivity contribution in [2.45, 2.75) is 69.2 Å². The highest BCUT2D eigenvalue weighted by atomic mass is 19.1. The molecular weight excluding hydrogens is 447 g/mol. The second-order valence-electron chi connectivity index (χ2n) is 11.2. The van der Waals surface area contributed by atoms with E-state index in [2.05, 4.69) is 25.1 Å². The van der Waals surface area contributed by atoms with E-state index in [4.69, 9.17) is 20.2 Å². The number of nitrogens with two attached hydrogens (primary N) is 1. The fraction of sp³-hybridized carbons (Fsp3) is 0.704. The number of carbonyl (C=O) groups excluding carboxylic acids is 1. The number of ether oxygens (including phenoxy) is 2. The third-order valence-electron chi connectivity index (χ3n) is 9.15. The van der Waals surface area contributed by atoms with Crippen molar-refractivity contribution < 1.29 is 18.7 Å². The number of fused-ring (bicyclic) bond motifs is 3. The molecule has 7 nitrogen and oxygen atoms in total. The normalized spacial score (nSPS) is 33.9. The molecule has 192 valence electrons. The molecule has 1 saturated heterocycles. The summed E-state index contributed by atoms with van der Waals surface area (Å²) in [6.45, 7) is 2.84. The summed E-state index contributed by atoms with van der Waals surface area (Å²) < 4.78 is 27.0. The van der Waals surface area contributed by atoms with Gasteiger partial charge in [0.15, 0.2) is 11.5 Å². The van der Waals surface area contributed by atoms with Gasteiger partial charge in [-0.2, -0.15) is 0 Å². The van der Waals surface area contributed by atoms with Gasteiger partial charge in [-0.3, -0.25) is 9.69 Å². The van der Waals surface area contributed by atoms with Gasteiger partial charge in [0.25, 0.3) is 5.91 Å². The van der Waals surface area contributed by atoms with Gasteiger partial charge >= 0.3 is 0 Å². The van der Waals surface area contributed by atoms with E-state index in [1.807, 2.05) is 19.0 Å². The first-order valence-corrected chi connectivity index (χ1v) is 13.0. The van der Waals surface area contributed by atoms with E-state index in [-0.39, 0.29) is 37.4 Å². The number of methoxy groups -OCH3 is 1. The number of carbonyl (C=O) groups is 1. The van der Waals surface area contributed by atoms with Gasteiger partial charge in [0, 0.05) is 58.4 Å². The molecule has 0 bridgehead atoms. The van der Waals surface area contributed by atoms with Gasteiger partial charge in [0.2, 0.25) is 0 Å². The molecule has 0 radical (unpaired) electrons. The monoisotopic (exact) mass is 486 g/mol. The van der Waals surface area contributed by atoms with Crippen LogP contribution in [0.1, 0.15) is 56.6 Å². The van der Waals surface area contributed by atoms with Gasteiger partial charge < -0.3 is 20.1 Å². The molecule has 8 heteroatoms. The van der Waals surface area contributed by atoms with Crippen molar-refractivity contribution in [1.29, 1.82) is 0 Å². The molecule has 2 N–H and O–H groups in total. The summed E-state index contributed by atoms with van der Waals surface area (Å²) in [6.07, 6.45) is 4.97. The molecule has 4 atom stereocenters. The number of amides is 1. The number of alkyl halides is 1. The average molecular weight is 487 g/mol. The smallest absolute Gasteiger partial charge is 0.262 e. The van der Waals surface area contributed by atoms with Gasteiger partial charge in [-0.05, 0) is 54.9 Å². The number of rotatable bonds is 5. The minimum Gasteiger partial charge on any atom is -0.381 e. The van der Waals surface area contributed by atoms with Crippen LogP contribution in [0.2, 0.25) is 0 Å². The van der Waals surface area contributed by atoms with Crippen LogP contribution in [-0.2, 0) is 26.2 Å². The van der Waals surface area contributed by atoms with Crippen LogP contribution in [0.5, 0.6) is 0 Å². The van der Waals surface area contributed by atoms with E-state index in [0.717, 1.165) is 48.9 Å².